The highest BCUT2D eigenvalue weighted by Gasteiger charge is 2.05. The van der Waals surface area contributed by atoms with Crippen molar-refractivity contribution in [2.45, 2.75) is 6.61 Å². The first kappa shape index (κ1) is 11.9. The first-order valence-electron chi connectivity index (χ1n) is 4.93. The summed E-state index contributed by atoms with van der Waals surface area (Å²) in [6.45, 7) is 0.256. The van der Waals surface area contributed by atoms with Gasteiger partial charge in [-0.25, -0.2) is 9.37 Å². The first-order chi connectivity index (χ1) is 8.15. The van der Waals surface area contributed by atoms with Crippen molar-refractivity contribution >= 4 is 21.6 Å². The van der Waals surface area contributed by atoms with Crippen molar-refractivity contribution in [3.8, 4) is 5.88 Å². The lowest BCUT2D eigenvalue weighted by Crippen LogP contribution is -1.99. The number of hydrogen-bond acceptors (Lipinski definition) is 3. The average molecular weight is 297 g/mol. The Bertz CT molecular complexity index is 516. The maximum Gasteiger partial charge on any atom is 0.250 e. The summed E-state index contributed by atoms with van der Waals surface area (Å²) in [4.78, 5) is 3.84. The molecule has 0 atom stereocenters. The van der Waals surface area contributed by atoms with Crippen LogP contribution in [0.1, 0.15) is 5.56 Å². The monoisotopic (exact) mass is 296 g/mol. The van der Waals surface area contributed by atoms with Crippen LogP contribution in [0.15, 0.2) is 41.0 Å². The van der Waals surface area contributed by atoms with E-state index < -0.39 is 5.82 Å². The second-order valence-electron chi connectivity index (χ2n) is 3.47. The summed E-state index contributed by atoms with van der Waals surface area (Å²) < 4.78 is 19.2. The van der Waals surface area contributed by atoms with Crippen LogP contribution in [-0.4, -0.2) is 4.98 Å². The number of nitrogens with two attached hydrogens (primary N) is 1. The van der Waals surface area contributed by atoms with Gasteiger partial charge in [-0.15, -0.1) is 0 Å². The molecule has 0 unspecified atom stereocenters. The number of halogens is 2. The van der Waals surface area contributed by atoms with E-state index in [0.717, 1.165) is 5.56 Å². The standard InChI is InChI=1S/C12H10BrFN2O/c13-9-5-11(14)12(16-6-9)17-7-8-1-3-10(15)4-2-8/h1-6H,7,15H2. The lowest BCUT2D eigenvalue weighted by molar-refractivity contribution is 0.277. The van der Waals surface area contributed by atoms with Gasteiger partial charge >= 0.3 is 0 Å². The van der Waals surface area contributed by atoms with Crippen LogP contribution in [0.2, 0.25) is 0 Å². The summed E-state index contributed by atoms with van der Waals surface area (Å²) in [6.07, 6.45) is 1.49. The predicted octanol–water partition coefficient (Wildman–Crippen LogP) is 3.14. The van der Waals surface area contributed by atoms with E-state index in [4.69, 9.17) is 10.5 Å². The number of benzene rings is 1. The molecule has 0 aliphatic carbocycles. The quantitative estimate of drug-likeness (QED) is 0.885. The van der Waals surface area contributed by atoms with Gasteiger partial charge in [0.1, 0.15) is 6.61 Å². The van der Waals surface area contributed by atoms with Gasteiger partial charge in [0.25, 0.3) is 5.88 Å². The Morgan fingerprint density at radius 3 is 2.65 bits per heavy atom. The van der Waals surface area contributed by atoms with Crippen LogP contribution in [-0.2, 0) is 6.61 Å². The molecule has 0 bridgehead atoms. The SMILES string of the molecule is Nc1ccc(COc2ncc(Br)cc2F)cc1. The van der Waals surface area contributed by atoms with Gasteiger partial charge in [0.2, 0.25) is 0 Å². The molecule has 0 aliphatic rings. The summed E-state index contributed by atoms with van der Waals surface area (Å²) in [7, 11) is 0. The molecule has 2 aromatic rings. The molecule has 0 radical (unpaired) electrons. The molecule has 88 valence electrons. The zero-order valence-corrected chi connectivity index (χ0v) is 10.4. The number of nitrogens with zero attached hydrogens (tertiary/aromatic N) is 1. The molecule has 0 aliphatic heterocycles. The third-order valence-electron chi connectivity index (χ3n) is 2.13. The fourth-order valence-corrected chi connectivity index (χ4v) is 1.58. The molecule has 0 saturated carbocycles. The maximum absolute atomic E-state index is 13.4. The Hall–Kier alpha value is -1.62. The minimum atomic E-state index is -0.491. The van der Waals surface area contributed by atoms with Crippen molar-refractivity contribution in [1.29, 1.82) is 0 Å². The largest absolute Gasteiger partial charge is 0.471 e. The number of aromatic nitrogens is 1. The van der Waals surface area contributed by atoms with Crippen LogP contribution in [0.25, 0.3) is 0 Å². The van der Waals surface area contributed by atoms with E-state index in [1.807, 2.05) is 12.1 Å². The molecular weight excluding hydrogens is 287 g/mol. The maximum atomic E-state index is 13.4. The second kappa shape index (κ2) is 5.14. The smallest absolute Gasteiger partial charge is 0.250 e. The number of hydrogen-bond donors (Lipinski definition) is 1. The zero-order valence-electron chi connectivity index (χ0n) is 8.86. The van der Waals surface area contributed by atoms with E-state index in [2.05, 4.69) is 20.9 Å². The topological polar surface area (TPSA) is 48.1 Å². The van der Waals surface area contributed by atoms with Crippen molar-refractivity contribution < 1.29 is 9.13 Å². The van der Waals surface area contributed by atoms with Gasteiger partial charge in [-0.1, -0.05) is 12.1 Å². The van der Waals surface area contributed by atoms with Crippen LogP contribution in [0.4, 0.5) is 10.1 Å². The minimum absolute atomic E-state index is 0.00924. The van der Waals surface area contributed by atoms with E-state index in [9.17, 15) is 4.39 Å². The van der Waals surface area contributed by atoms with Gasteiger partial charge in [-0.3, -0.25) is 0 Å². The predicted molar refractivity (Wildman–Crippen MR) is 67.1 cm³/mol. The van der Waals surface area contributed by atoms with E-state index in [1.54, 1.807) is 12.1 Å². The summed E-state index contributed by atoms with van der Waals surface area (Å²) >= 11 is 3.13. The van der Waals surface area contributed by atoms with Gasteiger partial charge in [-0.05, 0) is 39.7 Å². The molecule has 0 saturated heterocycles. The van der Waals surface area contributed by atoms with E-state index in [0.29, 0.717) is 10.2 Å². The Morgan fingerprint density at radius 2 is 2.00 bits per heavy atom. The normalized spacial score (nSPS) is 10.2. The van der Waals surface area contributed by atoms with Crippen molar-refractivity contribution in [2.24, 2.45) is 0 Å². The number of ether oxygens (including phenoxy) is 1. The van der Waals surface area contributed by atoms with Gasteiger partial charge in [0, 0.05) is 16.4 Å². The molecule has 0 fully saturated rings. The molecule has 0 amide bonds. The molecule has 1 aromatic carbocycles. The van der Waals surface area contributed by atoms with Crippen molar-refractivity contribution in [1.82, 2.24) is 4.98 Å². The summed E-state index contributed by atoms with van der Waals surface area (Å²) in [6, 6.07) is 8.50. The Labute approximate surface area is 107 Å². The molecule has 0 spiro atoms. The number of rotatable bonds is 3. The number of pyridine rings is 1. The van der Waals surface area contributed by atoms with E-state index in [1.165, 1.54) is 12.3 Å². The van der Waals surface area contributed by atoms with E-state index in [-0.39, 0.29) is 12.5 Å². The summed E-state index contributed by atoms with van der Waals surface area (Å²) in [5.74, 6) is -0.500. The van der Waals surface area contributed by atoms with Crippen LogP contribution in [0, 0.1) is 5.82 Å². The fraction of sp³-hybridized carbons (Fsp3) is 0.0833. The highest BCUT2D eigenvalue weighted by atomic mass is 79.9. The van der Waals surface area contributed by atoms with Crippen molar-refractivity contribution in [2.75, 3.05) is 5.73 Å². The van der Waals surface area contributed by atoms with Gasteiger partial charge < -0.3 is 10.5 Å². The van der Waals surface area contributed by atoms with E-state index >= 15 is 0 Å². The van der Waals surface area contributed by atoms with Crippen LogP contribution < -0.4 is 10.5 Å². The molecule has 2 rings (SSSR count). The molecule has 1 heterocycles. The molecule has 3 nitrogen and oxygen atoms in total. The molecule has 2 N–H and O–H groups in total. The molecule has 5 heteroatoms. The summed E-state index contributed by atoms with van der Waals surface area (Å²) in [5, 5.41) is 0. The molecule has 17 heavy (non-hydrogen) atoms. The van der Waals surface area contributed by atoms with Crippen LogP contribution in [0.3, 0.4) is 0 Å². The lowest BCUT2D eigenvalue weighted by atomic mass is 10.2. The Balaban J connectivity index is 2.04. The van der Waals surface area contributed by atoms with Gasteiger partial charge in [0.05, 0.1) is 0 Å². The summed E-state index contributed by atoms with van der Waals surface area (Å²) in [5.41, 5.74) is 7.14. The van der Waals surface area contributed by atoms with Gasteiger partial charge in [-0.2, -0.15) is 0 Å². The molecule has 1 aromatic heterocycles. The lowest BCUT2D eigenvalue weighted by Gasteiger charge is -2.06. The van der Waals surface area contributed by atoms with Crippen molar-refractivity contribution in [3.05, 3.63) is 52.4 Å². The highest BCUT2D eigenvalue weighted by molar-refractivity contribution is 9.10. The average Bonchev–Trinajstić information content (AvgIpc) is 2.30. The zero-order chi connectivity index (χ0) is 12.3. The Kier molecular flexibility index (Phi) is 3.58. The van der Waals surface area contributed by atoms with Crippen LogP contribution >= 0.6 is 15.9 Å². The fourth-order valence-electron chi connectivity index (χ4n) is 1.27. The third-order valence-corrected chi connectivity index (χ3v) is 2.56. The number of anilines is 1. The highest BCUT2D eigenvalue weighted by Crippen LogP contribution is 2.19. The number of nitrogen functional groups attached to an aromatic ring is 1. The van der Waals surface area contributed by atoms with Crippen LogP contribution in [0.5, 0.6) is 5.88 Å². The third kappa shape index (κ3) is 3.17. The Morgan fingerprint density at radius 1 is 1.29 bits per heavy atom. The first-order valence-corrected chi connectivity index (χ1v) is 5.73. The molecular formula is C12H10BrFN2O. The van der Waals surface area contributed by atoms with Crippen molar-refractivity contribution in [3.63, 3.8) is 0 Å². The minimum Gasteiger partial charge on any atom is -0.471 e. The van der Waals surface area contributed by atoms with Gasteiger partial charge in [0.15, 0.2) is 5.82 Å². The second-order valence-corrected chi connectivity index (χ2v) is 4.39.